The SMILES string of the molecule is O=C(CCC(=O)Nc1ccccc1)NNC(=S)NC(=O)c1ccccc1Br. The van der Waals surface area contributed by atoms with E-state index in [1.807, 2.05) is 6.07 Å². The summed E-state index contributed by atoms with van der Waals surface area (Å²) in [6.45, 7) is 0. The second-order valence-corrected chi connectivity index (χ2v) is 6.61. The van der Waals surface area contributed by atoms with Crippen LogP contribution in [0.1, 0.15) is 23.2 Å². The first-order chi connectivity index (χ1) is 13.0. The molecule has 4 N–H and O–H groups in total. The number of amides is 3. The average Bonchev–Trinajstić information content (AvgIpc) is 2.66. The molecular formula is C18H17BrN4O3S. The van der Waals surface area contributed by atoms with Crippen LogP contribution in [-0.2, 0) is 9.59 Å². The maximum absolute atomic E-state index is 12.1. The lowest BCUT2D eigenvalue weighted by Gasteiger charge is -2.11. The highest BCUT2D eigenvalue weighted by molar-refractivity contribution is 9.10. The van der Waals surface area contributed by atoms with Crippen molar-refractivity contribution in [1.82, 2.24) is 16.2 Å². The number of halogens is 1. The van der Waals surface area contributed by atoms with Gasteiger partial charge in [-0.1, -0.05) is 30.3 Å². The zero-order chi connectivity index (χ0) is 19.6. The molecule has 0 atom stereocenters. The molecule has 0 aromatic heterocycles. The number of carbonyl (C=O) groups excluding carboxylic acids is 3. The highest BCUT2D eigenvalue weighted by Gasteiger charge is 2.12. The third-order valence-electron chi connectivity index (χ3n) is 3.30. The predicted octanol–water partition coefficient (Wildman–Crippen LogP) is 2.50. The molecule has 7 nitrogen and oxygen atoms in total. The van der Waals surface area contributed by atoms with Crippen molar-refractivity contribution in [1.29, 1.82) is 0 Å². The zero-order valence-electron chi connectivity index (χ0n) is 14.1. The Balaban J connectivity index is 1.69. The van der Waals surface area contributed by atoms with Gasteiger partial charge in [0.1, 0.15) is 0 Å². The van der Waals surface area contributed by atoms with Crippen LogP contribution in [0.15, 0.2) is 59.1 Å². The normalized spacial score (nSPS) is 9.81. The van der Waals surface area contributed by atoms with E-state index in [0.717, 1.165) is 0 Å². The zero-order valence-corrected chi connectivity index (χ0v) is 16.5. The van der Waals surface area contributed by atoms with Crippen LogP contribution in [0.25, 0.3) is 0 Å². The first-order valence-electron chi connectivity index (χ1n) is 7.95. The van der Waals surface area contributed by atoms with Crippen LogP contribution < -0.4 is 21.5 Å². The number of hydrogen-bond donors (Lipinski definition) is 4. The lowest BCUT2D eigenvalue weighted by molar-refractivity contribution is -0.124. The van der Waals surface area contributed by atoms with Crippen LogP contribution in [0.4, 0.5) is 5.69 Å². The molecule has 0 aliphatic carbocycles. The van der Waals surface area contributed by atoms with Gasteiger partial charge in [0.05, 0.1) is 5.56 Å². The monoisotopic (exact) mass is 448 g/mol. The summed E-state index contributed by atoms with van der Waals surface area (Å²) in [6.07, 6.45) is -0.0229. The van der Waals surface area contributed by atoms with E-state index in [0.29, 0.717) is 15.7 Å². The Morgan fingerprint density at radius 2 is 1.48 bits per heavy atom. The van der Waals surface area contributed by atoms with Crippen molar-refractivity contribution < 1.29 is 14.4 Å². The van der Waals surface area contributed by atoms with Crippen molar-refractivity contribution in [3.63, 3.8) is 0 Å². The topological polar surface area (TPSA) is 99.3 Å². The molecule has 140 valence electrons. The van der Waals surface area contributed by atoms with Crippen molar-refractivity contribution in [2.45, 2.75) is 12.8 Å². The van der Waals surface area contributed by atoms with Crippen LogP contribution in [0.2, 0.25) is 0 Å². The van der Waals surface area contributed by atoms with Crippen molar-refractivity contribution in [2.75, 3.05) is 5.32 Å². The molecule has 3 amide bonds. The summed E-state index contributed by atoms with van der Waals surface area (Å²) < 4.78 is 0.624. The van der Waals surface area contributed by atoms with Crippen LogP contribution in [0.5, 0.6) is 0 Å². The fourth-order valence-corrected chi connectivity index (χ4v) is 2.62. The Hall–Kier alpha value is -2.78. The highest BCUT2D eigenvalue weighted by Crippen LogP contribution is 2.15. The molecule has 0 saturated carbocycles. The summed E-state index contributed by atoms with van der Waals surface area (Å²) in [6, 6.07) is 15.8. The second-order valence-electron chi connectivity index (χ2n) is 5.35. The number of hydrazine groups is 1. The number of hydrogen-bond acceptors (Lipinski definition) is 4. The highest BCUT2D eigenvalue weighted by atomic mass is 79.9. The second kappa shape index (κ2) is 10.4. The lowest BCUT2D eigenvalue weighted by Crippen LogP contribution is -2.48. The molecule has 0 aliphatic rings. The maximum Gasteiger partial charge on any atom is 0.258 e. The summed E-state index contributed by atoms with van der Waals surface area (Å²) in [5.74, 6) is -1.13. The molecule has 9 heteroatoms. The molecule has 2 rings (SSSR count). The molecule has 0 saturated heterocycles. The van der Waals surface area contributed by atoms with Crippen molar-refractivity contribution >= 4 is 56.7 Å². The van der Waals surface area contributed by atoms with Crippen molar-refractivity contribution in [2.24, 2.45) is 0 Å². The number of rotatable bonds is 5. The van der Waals surface area contributed by atoms with Crippen LogP contribution in [0, 0.1) is 0 Å². The summed E-state index contributed by atoms with van der Waals surface area (Å²) in [5, 5.41) is 5.07. The van der Waals surface area contributed by atoms with Gasteiger partial charge in [-0.05, 0) is 52.4 Å². The predicted molar refractivity (Wildman–Crippen MR) is 110 cm³/mol. The van der Waals surface area contributed by atoms with Crippen LogP contribution >= 0.6 is 28.1 Å². The summed E-state index contributed by atoms with van der Waals surface area (Å²) in [4.78, 5) is 35.6. The minimum absolute atomic E-state index is 0.0124. The van der Waals surface area contributed by atoms with E-state index in [4.69, 9.17) is 12.2 Å². The largest absolute Gasteiger partial charge is 0.326 e. The number of nitrogens with one attached hydrogen (secondary N) is 4. The van der Waals surface area contributed by atoms with E-state index in [1.165, 1.54) is 0 Å². The fraction of sp³-hybridized carbons (Fsp3) is 0.111. The van der Waals surface area contributed by atoms with Crippen LogP contribution in [0.3, 0.4) is 0 Å². The summed E-state index contributed by atoms with van der Waals surface area (Å²) in [5.41, 5.74) is 5.84. The van der Waals surface area contributed by atoms with E-state index in [-0.39, 0.29) is 23.9 Å². The molecule has 0 aliphatic heterocycles. The number of carbonyl (C=O) groups is 3. The van der Waals surface area contributed by atoms with E-state index in [1.54, 1.807) is 48.5 Å². The molecule has 0 unspecified atom stereocenters. The molecular weight excluding hydrogens is 432 g/mol. The molecule has 2 aromatic carbocycles. The van der Waals surface area contributed by atoms with E-state index in [9.17, 15) is 14.4 Å². The summed E-state index contributed by atoms with van der Waals surface area (Å²) in [7, 11) is 0. The molecule has 2 aromatic rings. The number of benzene rings is 2. The van der Waals surface area contributed by atoms with E-state index < -0.39 is 11.8 Å². The fourth-order valence-electron chi connectivity index (χ4n) is 2.01. The van der Waals surface area contributed by atoms with Gasteiger partial charge in [0.15, 0.2) is 5.11 Å². The standard InChI is InChI=1S/C18H17BrN4O3S/c19-14-9-5-4-8-13(14)17(26)21-18(27)23-22-16(25)11-10-15(24)20-12-6-2-1-3-7-12/h1-9H,10-11H2,(H,20,24)(H,22,25)(H2,21,23,26,27). The molecule has 0 spiro atoms. The lowest BCUT2D eigenvalue weighted by atomic mass is 10.2. The van der Waals surface area contributed by atoms with Gasteiger partial charge < -0.3 is 5.32 Å². The molecule has 0 heterocycles. The number of para-hydroxylation sites is 1. The minimum Gasteiger partial charge on any atom is -0.326 e. The molecule has 0 fully saturated rings. The Kier molecular flexibility index (Phi) is 7.90. The third-order valence-corrected chi connectivity index (χ3v) is 4.19. The van der Waals surface area contributed by atoms with Crippen LogP contribution in [-0.4, -0.2) is 22.8 Å². The van der Waals surface area contributed by atoms with Gasteiger partial charge in [-0.2, -0.15) is 0 Å². The summed E-state index contributed by atoms with van der Waals surface area (Å²) >= 11 is 8.24. The third kappa shape index (κ3) is 7.16. The smallest absolute Gasteiger partial charge is 0.258 e. The van der Waals surface area contributed by atoms with Gasteiger partial charge >= 0.3 is 0 Å². The van der Waals surface area contributed by atoms with Crippen molar-refractivity contribution in [3.8, 4) is 0 Å². The Labute approximate surface area is 170 Å². The minimum atomic E-state index is -0.435. The number of thiocarbonyl (C=S) groups is 1. The Bertz CT molecular complexity index is 846. The number of anilines is 1. The maximum atomic E-state index is 12.1. The van der Waals surface area contributed by atoms with Gasteiger partial charge in [0, 0.05) is 23.0 Å². The van der Waals surface area contributed by atoms with Gasteiger partial charge in [0.25, 0.3) is 5.91 Å². The molecule has 0 bridgehead atoms. The molecule has 27 heavy (non-hydrogen) atoms. The van der Waals surface area contributed by atoms with Crippen molar-refractivity contribution in [3.05, 3.63) is 64.6 Å². The van der Waals surface area contributed by atoms with Gasteiger partial charge in [-0.15, -0.1) is 0 Å². The first kappa shape index (κ1) is 20.5. The quantitative estimate of drug-likeness (QED) is 0.416. The van der Waals surface area contributed by atoms with Gasteiger partial charge in [0.2, 0.25) is 11.8 Å². The van der Waals surface area contributed by atoms with Gasteiger partial charge in [-0.3, -0.25) is 30.6 Å². The Morgan fingerprint density at radius 1 is 0.852 bits per heavy atom. The van der Waals surface area contributed by atoms with E-state index in [2.05, 4.69) is 37.4 Å². The molecule has 0 radical (unpaired) electrons. The first-order valence-corrected chi connectivity index (χ1v) is 9.15. The van der Waals surface area contributed by atoms with E-state index >= 15 is 0 Å². The average molecular weight is 449 g/mol. The Morgan fingerprint density at radius 3 is 2.19 bits per heavy atom. The van der Waals surface area contributed by atoms with Gasteiger partial charge in [-0.25, -0.2) is 0 Å².